The lowest BCUT2D eigenvalue weighted by molar-refractivity contribution is 0.383. The Kier molecular flexibility index (Phi) is 5.25. The molecular formula is C19H24N6O3. The van der Waals surface area contributed by atoms with Crippen molar-refractivity contribution in [3.63, 3.8) is 0 Å². The van der Waals surface area contributed by atoms with Crippen molar-refractivity contribution >= 4 is 11.2 Å². The molecule has 4 rings (SSSR count). The number of aromatic nitrogens is 5. The Hall–Kier alpha value is -2.94. The molecule has 2 N–H and O–H groups in total. The highest BCUT2D eigenvalue weighted by molar-refractivity contribution is 5.70. The second-order valence-corrected chi connectivity index (χ2v) is 6.83. The van der Waals surface area contributed by atoms with Crippen LogP contribution in [0.15, 0.2) is 23.1 Å². The van der Waals surface area contributed by atoms with Crippen molar-refractivity contribution in [2.75, 3.05) is 20.2 Å². The van der Waals surface area contributed by atoms with Crippen molar-refractivity contribution in [3.8, 4) is 17.6 Å². The molecule has 0 atom stereocenters. The predicted molar refractivity (Wildman–Crippen MR) is 104 cm³/mol. The van der Waals surface area contributed by atoms with Crippen LogP contribution in [0.25, 0.3) is 11.2 Å². The highest BCUT2D eigenvalue weighted by Gasteiger charge is 2.22. The molecule has 0 saturated carbocycles. The van der Waals surface area contributed by atoms with Crippen LogP contribution >= 0.6 is 0 Å². The average molecular weight is 384 g/mol. The van der Waals surface area contributed by atoms with Gasteiger partial charge in [-0.05, 0) is 38.4 Å². The molecule has 1 aliphatic heterocycles. The van der Waals surface area contributed by atoms with Crippen molar-refractivity contribution in [1.29, 1.82) is 0 Å². The van der Waals surface area contributed by atoms with Gasteiger partial charge in [-0.2, -0.15) is 4.98 Å². The van der Waals surface area contributed by atoms with E-state index in [0.29, 0.717) is 35.3 Å². The zero-order valence-corrected chi connectivity index (χ0v) is 16.1. The second kappa shape index (κ2) is 7.97. The van der Waals surface area contributed by atoms with E-state index in [4.69, 9.17) is 9.47 Å². The summed E-state index contributed by atoms with van der Waals surface area (Å²) < 4.78 is 12.5. The van der Waals surface area contributed by atoms with Gasteiger partial charge in [0.2, 0.25) is 5.88 Å². The molecule has 1 saturated heterocycles. The minimum absolute atomic E-state index is 0.170. The molecule has 0 aliphatic carbocycles. The smallest absolute Gasteiger partial charge is 0.306 e. The van der Waals surface area contributed by atoms with Crippen LogP contribution in [0.3, 0.4) is 0 Å². The minimum atomic E-state index is -0.170. The maximum atomic E-state index is 13.0. The summed E-state index contributed by atoms with van der Waals surface area (Å²) in [6, 6.07) is 3.64. The Morgan fingerprint density at radius 2 is 2.07 bits per heavy atom. The first-order valence-electron chi connectivity index (χ1n) is 9.58. The van der Waals surface area contributed by atoms with Crippen LogP contribution in [-0.2, 0) is 6.54 Å². The van der Waals surface area contributed by atoms with E-state index in [1.54, 1.807) is 19.2 Å². The molecule has 28 heavy (non-hydrogen) atoms. The number of aromatic amines is 1. The van der Waals surface area contributed by atoms with E-state index in [9.17, 15) is 4.79 Å². The molecule has 9 nitrogen and oxygen atoms in total. The topological polar surface area (TPSA) is 107 Å². The van der Waals surface area contributed by atoms with E-state index in [-0.39, 0.29) is 11.6 Å². The van der Waals surface area contributed by atoms with Crippen molar-refractivity contribution in [3.05, 3.63) is 34.5 Å². The normalized spacial score (nSPS) is 15.1. The SMILES string of the molecule is CCCn1c(Oc2ccc(OC)nc2)nc2nc(C3CCNCC3)[nH]c2c1=O. The average Bonchev–Trinajstić information content (AvgIpc) is 3.16. The maximum Gasteiger partial charge on any atom is 0.306 e. The number of nitrogens with zero attached hydrogens (tertiary/aromatic N) is 4. The fourth-order valence-corrected chi connectivity index (χ4v) is 3.43. The van der Waals surface area contributed by atoms with Crippen molar-refractivity contribution in [2.45, 2.75) is 38.6 Å². The molecule has 0 radical (unpaired) electrons. The molecule has 4 heterocycles. The van der Waals surface area contributed by atoms with E-state index >= 15 is 0 Å². The first-order valence-corrected chi connectivity index (χ1v) is 9.58. The number of piperidine rings is 1. The van der Waals surface area contributed by atoms with Crippen LogP contribution in [0.4, 0.5) is 0 Å². The third kappa shape index (κ3) is 3.57. The van der Waals surface area contributed by atoms with Gasteiger partial charge < -0.3 is 19.8 Å². The number of H-pyrrole nitrogens is 1. The zero-order valence-electron chi connectivity index (χ0n) is 16.1. The molecular weight excluding hydrogens is 360 g/mol. The molecule has 9 heteroatoms. The first-order chi connectivity index (χ1) is 13.7. The summed E-state index contributed by atoms with van der Waals surface area (Å²) in [5, 5.41) is 3.34. The molecule has 148 valence electrons. The van der Waals surface area contributed by atoms with Crippen molar-refractivity contribution in [1.82, 2.24) is 29.8 Å². The van der Waals surface area contributed by atoms with Gasteiger partial charge in [0.15, 0.2) is 11.2 Å². The maximum absolute atomic E-state index is 13.0. The lowest BCUT2D eigenvalue weighted by Gasteiger charge is -2.20. The van der Waals surface area contributed by atoms with Gasteiger partial charge >= 0.3 is 6.01 Å². The van der Waals surface area contributed by atoms with Crippen LogP contribution in [-0.4, -0.2) is 44.7 Å². The van der Waals surface area contributed by atoms with E-state index in [2.05, 4.69) is 25.3 Å². The molecule has 0 unspecified atom stereocenters. The van der Waals surface area contributed by atoms with Crippen LogP contribution in [0.1, 0.15) is 37.9 Å². The molecule has 1 fully saturated rings. The summed E-state index contributed by atoms with van der Waals surface area (Å²) in [6.45, 7) is 4.41. The third-order valence-corrected chi connectivity index (χ3v) is 4.90. The quantitative estimate of drug-likeness (QED) is 0.671. The monoisotopic (exact) mass is 384 g/mol. The summed E-state index contributed by atoms with van der Waals surface area (Å²) >= 11 is 0. The number of pyridine rings is 1. The zero-order chi connectivity index (χ0) is 19.5. The Morgan fingerprint density at radius 3 is 2.75 bits per heavy atom. The summed E-state index contributed by atoms with van der Waals surface area (Å²) in [4.78, 5) is 29.5. The number of methoxy groups -OCH3 is 1. The summed E-state index contributed by atoms with van der Waals surface area (Å²) in [5.74, 6) is 2.10. The first kappa shape index (κ1) is 18.4. The Balaban J connectivity index is 1.73. The molecule has 1 aliphatic rings. The van der Waals surface area contributed by atoms with Gasteiger partial charge in [0.1, 0.15) is 11.6 Å². The Morgan fingerprint density at radius 1 is 1.25 bits per heavy atom. The number of fused-ring (bicyclic) bond motifs is 1. The number of rotatable bonds is 6. The Labute approximate surface area is 162 Å². The van der Waals surface area contributed by atoms with Gasteiger partial charge in [0, 0.05) is 18.5 Å². The van der Waals surface area contributed by atoms with Gasteiger partial charge in [-0.15, -0.1) is 0 Å². The molecule has 0 bridgehead atoms. The van der Waals surface area contributed by atoms with Crippen LogP contribution in [0.5, 0.6) is 17.6 Å². The van der Waals surface area contributed by atoms with E-state index < -0.39 is 0 Å². The molecule has 3 aromatic rings. The number of ether oxygens (including phenoxy) is 2. The minimum Gasteiger partial charge on any atom is -0.481 e. The highest BCUT2D eigenvalue weighted by Crippen LogP contribution is 2.25. The van der Waals surface area contributed by atoms with Gasteiger partial charge in [0.05, 0.1) is 13.3 Å². The van der Waals surface area contributed by atoms with Gasteiger partial charge in [-0.1, -0.05) is 6.92 Å². The standard InChI is InChI=1S/C19H24N6O3/c1-3-10-25-18(26)15-17(23-16(22-15)12-6-8-20-9-7-12)24-19(25)28-13-4-5-14(27-2)21-11-13/h4-5,11-12,20H,3,6-10H2,1-2H3,(H,22,23). The fraction of sp³-hybridized carbons (Fsp3) is 0.474. The summed E-state index contributed by atoms with van der Waals surface area (Å²) in [6.07, 6.45) is 4.30. The molecule has 0 aromatic carbocycles. The summed E-state index contributed by atoms with van der Waals surface area (Å²) in [5.41, 5.74) is 0.653. The lowest BCUT2D eigenvalue weighted by atomic mass is 9.98. The third-order valence-electron chi connectivity index (χ3n) is 4.90. The largest absolute Gasteiger partial charge is 0.481 e. The van der Waals surface area contributed by atoms with E-state index in [1.165, 1.54) is 10.8 Å². The van der Waals surface area contributed by atoms with Crippen molar-refractivity contribution in [2.24, 2.45) is 0 Å². The molecule has 0 spiro atoms. The van der Waals surface area contributed by atoms with E-state index in [1.807, 2.05) is 6.92 Å². The number of imidazole rings is 1. The molecule has 3 aromatic heterocycles. The Bertz CT molecular complexity index is 1000. The lowest BCUT2D eigenvalue weighted by Crippen LogP contribution is -2.27. The highest BCUT2D eigenvalue weighted by atomic mass is 16.5. The number of nitrogens with one attached hydrogen (secondary N) is 2. The predicted octanol–water partition coefficient (Wildman–Crippen LogP) is 2.19. The van der Waals surface area contributed by atoms with E-state index in [0.717, 1.165) is 38.2 Å². The number of hydrogen-bond donors (Lipinski definition) is 2. The summed E-state index contributed by atoms with van der Waals surface area (Å²) in [7, 11) is 1.55. The van der Waals surface area contributed by atoms with Gasteiger partial charge in [0.25, 0.3) is 5.56 Å². The fourth-order valence-electron chi connectivity index (χ4n) is 3.43. The van der Waals surface area contributed by atoms with Crippen LogP contribution < -0.4 is 20.3 Å². The van der Waals surface area contributed by atoms with Crippen molar-refractivity contribution < 1.29 is 9.47 Å². The van der Waals surface area contributed by atoms with Gasteiger partial charge in [-0.25, -0.2) is 9.97 Å². The molecule has 0 amide bonds. The van der Waals surface area contributed by atoms with Crippen LogP contribution in [0, 0.1) is 0 Å². The van der Waals surface area contributed by atoms with Gasteiger partial charge in [-0.3, -0.25) is 9.36 Å². The second-order valence-electron chi connectivity index (χ2n) is 6.83. The van der Waals surface area contributed by atoms with Crippen LogP contribution in [0.2, 0.25) is 0 Å². The number of hydrogen-bond acceptors (Lipinski definition) is 7.